The van der Waals surface area contributed by atoms with Crippen LogP contribution in [0.3, 0.4) is 0 Å². The van der Waals surface area contributed by atoms with Crippen molar-refractivity contribution in [3.63, 3.8) is 0 Å². The second-order valence-electron chi connectivity index (χ2n) is 7.67. The van der Waals surface area contributed by atoms with Gasteiger partial charge < -0.3 is 20.7 Å². The van der Waals surface area contributed by atoms with Crippen molar-refractivity contribution >= 4 is 28.9 Å². The van der Waals surface area contributed by atoms with Gasteiger partial charge in [0.1, 0.15) is 5.82 Å². The SMILES string of the molecule is CC1NNC(Nc2cc(N3CCOCC3)ncc2C(=O)c2ccccc2Cl)CC1N. The summed E-state index contributed by atoms with van der Waals surface area (Å²) >= 11 is 6.28. The Morgan fingerprint density at radius 3 is 2.77 bits per heavy atom. The average Bonchev–Trinajstić information content (AvgIpc) is 2.77. The molecular weight excluding hydrogens is 404 g/mol. The van der Waals surface area contributed by atoms with Crippen molar-refractivity contribution in [3.05, 3.63) is 52.7 Å². The second-order valence-corrected chi connectivity index (χ2v) is 8.08. The third-order valence-corrected chi connectivity index (χ3v) is 5.88. The van der Waals surface area contributed by atoms with E-state index in [9.17, 15) is 4.79 Å². The predicted molar refractivity (Wildman–Crippen MR) is 118 cm³/mol. The number of hydrogen-bond donors (Lipinski definition) is 4. The number of ether oxygens (including phenoxy) is 1. The highest BCUT2D eigenvalue weighted by molar-refractivity contribution is 6.35. The monoisotopic (exact) mass is 430 g/mol. The quantitative estimate of drug-likeness (QED) is 0.532. The van der Waals surface area contributed by atoms with E-state index in [1.165, 1.54) is 0 Å². The van der Waals surface area contributed by atoms with E-state index in [-0.39, 0.29) is 24.0 Å². The van der Waals surface area contributed by atoms with Gasteiger partial charge in [0, 0.05) is 43.0 Å². The summed E-state index contributed by atoms with van der Waals surface area (Å²) in [6, 6.07) is 9.11. The van der Waals surface area contributed by atoms with Crippen LogP contribution in [0.2, 0.25) is 5.02 Å². The molecule has 2 aromatic rings. The number of hydrogen-bond acceptors (Lipinski definition) is 8. The number of nitrogens with two attached hydrogens (primary N) is 1. The summed E-state index contributed by atoms with van der Waals surface area (Å²) in [6.07, 6.45) is 2.20. The van der Waals surface area contributed by atoms with Crippen LogP contribution in [0.15, 0.2) is 36.5 Å². The highest BCUT2D eigenvalue weighted by atomic mass is 35.5. The minimum absolute atomic E-state index is 0.00739. The zero-order chi connectivity index (χ0) is 21.1. The molecule has 5 N–H and O–H groups in total. The topological polar surface area (TPSA) is 105 Å². The summed E-state index contributed by atoms with van der Waals surface area (Å²) in [4.78, 5) is 20.0. The Morgan fingerprint density at radius 2 is 2.03 bits per heavy atom. The van der Waals surface area contributed by atoms with Gasteiger partial charge in [0.2, 0.25) is 0 Å². The molecule has 2 aliphatic rings. The molecule has 2 aliphatic heterocycles. The van der Waals surface area contributed by atoms with Crippen molar-refractivity contribution in [2.75, 3.05) is 36.5 Å². The van der Waals surface area contributed by atoms with Crippen molar-refractivity contribution in [1.82, 2.24) is 15.8 Å². The number of halogens is 1. The van der Waals surface area contributed by atoms with Crippen LogP contribution in [0.4, 0.5) is 11.5 Å². The molecule has 3 heterocycles. The van der Waals surface area contributed by atoms with Crippen LogP contribution in [0.1, 0.15) is 29.3 Å². The summed E-state index contributed by atoms with van der Waals surface area (Å²) in [5, 5.41) is 3.85. The zero-order valence-corrected chi connectivity index (χ0v) is 17.7. The molecular formula is C21H27ClN6O2. The molecule has 8 nitrogen and oxygen atoms in total. The van der Waals surface area contributed by atoms with Crippen LogP contribution in [0.25, 0.3) is 0 Å². The average molecular weight is 431 g/mol. The molecule has 3 atom stereocenters. The summed E-state index contributed by atoms with van der Waals surface area (Å²) in [5.74, 6) is 0.628. The number of carbonyl (C=O) groups is 1. The van der Waals surface area contributed by atoms with Crippen molar-refractivity contribution in [1.29, 1.82) is 0 Å². The summed E-state index contributed by atoms with van der Waals surface area (Å²) in [6.45, 7) is 4.87. The molecule has 0 aliphatic carbocycles. The number of nitrogens with one attached hydrogen (secondary N) is 3. The first kappa shape index (κ1) is 21.0. The lowest BCUT2D eigenvalue weighted by Gasteiger charge is -2.35. The first-order valence-corrected chi connectivity index (χ1v) is 10.6. The third kappa shape index (κ3) is 4.58. The minimum Gasteiger partial charge on any atom is -0.378 e. The van der Waals surface area contributed by atoms with Gasteiger partial charge in [-0.2, -0.15) is 0 Å². The molecule has 2 saturated heterocycles. The van der Waals surface area contributed by atoms with E-state index in [4.69, 9.17) is 22.1 Å². The van der Waals surface area contributed by atoms with Gasteiger partial charge in [0.25, 0.3) is 0 Å². The third-order valence-electron chi connectivity index (χ3n) is 5.55. The molecule has 0 spiro atoms. The molecule has 9 heteroatoms. The molecule has 30 heavy (non-hydrogen) atoms. The van der Waals surface area contributed by atoms with Gasteiger partial charge in [-0.25, -0.2) is 10.4 Å². The largest absolute Gasteiger partial charge is 0.378 e. The minimum atomic E-state index is -0.175. The standard InChI is InChI=1S/C21H27ClN6O2/c1-13-17(23)10-19(27-26-13)25-18-11-20(28-6-8-30-9-7-28)24-12-15(18)21(29)14-4-2-3-5-16(14)22/h2-5,11-13,17,19,26-27H,6-10,23H2,1H3,(H,24,25). The smallest absolute Gasteiger partial charge is 0.198 e. The number of benzene rings is 1. The van der Waals surface area contributed by atoms with Crippen LogP contribution in [-0.2, 0) is 4.74 Å². The fourth-order valence-corrected chi connectivity index (χ4v) is 3.88. The number of aromatic nitrogens is 1. The lowest BCUT2D eigenvalue weighted by atomic mass is 10.0. The fourth-order valence-electron chi connectivity index (χ4n) is 3.66. The number of morpholine rings is 1. The first-order valence-electron chi connectivity index (χ1n) is 10.2. The lowest BCUT2D eigenvalue weighted by Crippen LogP contribution is -2.62. The van der Waals surface area contributed by atoms with Crippen molar-refractivity contribution in [2.45, 2.75) is 31.6 Å². The van der Waals surface area contributed by atoms with Crippen LogP contribution in [0, 0.1) is 0 Å². The Bertz CT molecular complexity index is 905. The molecule has 1 aromatic carbocycles. The second kappa shape index (κ2) is 9.28. The highest BCUT2D eigenvalue weighted by Crippen LogP contribution is 2.28. The number of ketones is 1. The maximum absolute atomic E-state index is 13.3. The Balaban J connectivity index is 1.66. The predicted octanol–water partition coefficient (Wildman–Crippen LogP) is 1.75. The number of anilines is 2. The van der Waals surface area contributed by atoms with Crippen molar-refractivity contribution < 1.29 is 9.53 Å². The van der Waals surface area contributed by atoms with Crippen LogP contribution >= 0.6 is 11.6 Å². The number of hydrazine groups is 1. The number of nitrogens with zero attached hydrogens (tertiary/aromatic N) is 2. The highest BCUT2D eigenvalue weighted by Gasteiger charge is 2.26. The Morgan fingerprint density at radius 1 is 1.27 bits per heavy atom. The molecule has 0 amide bonds. The number of carbonyl (C=O) groups excluding carboxylic acids is 1. The van der Waals surface area contributed by atoms with Gasteiger partial charge in [0.05, 0.1) is 35.7 Å². The Hall–Kier alpha value is -2.23. The van der Waals surface area contributed by atoms with Crippen molar-refractivity contribution in [3.8, 4) is 0 Å². The van der Waals surface area contributed by atoms with Crippen LogP contribution < -0.4 is 26.8 Å². The summed E-state index contributed by atoms with van der Waals surface area (Å²) < 4.78 is 5.44. The number of pyridine rings is 1. The van der Waals surface area contributed by atoms with Crippen LogP contribution in [-0.4, -0.2) is 55.3 Å². The van der Waals surface area contributed by atoms with E-state index in [0.29, 0.717) is 41.5 Å². The van der Waals surface area contributed by atoms with E-state index in [1.54, 1.807) is 30.5 Å². The molecule has 3 unspecified atom stereocenters. The van der Waals surface area contributed by atoms with Gasteiger partial charge in [-0.1, -0.05) is 23.7 Å². The van der Waals surface area contributed by atoms with Gasteiger partial charge >= 0.3 is 0 Å². The molecule has 1 aromatic heterocycles. The van der Waals surface area contributed by atoms with Gasteiger partial charge in [-0.3, -0.25) is 10.2 Å². The first-order chi connectivity index (χ1) is 14.5. The fraction of sp³-hybridized carbons (Fsp3) is 0.429. The molecule has 0 bridgehead atoms. The van der Waals surface area contributed by atoms with E-state index >= 15 is 0 Å². The van der Waals surface area contributed by atoms with E-state index in [2.05, 4.69) is 26.1 Å². The van der Waals surface area contributed by atoms with Gasteiger partial charge in [0.15, 0.2) is 5.78 Å². The van der Waals surface area contributed by atoms with Gasteiger partial charge in [-0.05, 0) is 25.5 Å². The Kier molecular flexibility index (Phi) is 6.50. The molecule has 0 radical (unpaired) electrons. The Labute approximate surface area is 181 Å². The van der Waals surface area contributed by atoms with E-state index < -0.39 is 0 Å². The van der Waals surface area contributed by atoms with E-state index in [0.717, 1.165) is 18.9 Å². The normalized spacial score (nSPS) is 24.5. The molecule has 160 valence electrons. The van der Waals surface area contributed by atoms with Crippen LogP contribution in [0.5, 0.6) is 0 Å². The van der Waals surface area contributed by atoms with Gasteiger partial charge in [-0.15, -0.1) is 0 Å². The lowest BCUT2D eigenvalue weighted by molar-refractivity contribution is 0.103. The summed E-state index contributed by atoms with van der Waals surface area (Å²) in [7, 11) is 0. The maximum Gasteiger partial charge on any atom is 0.198 e. The molecule has 0 saturated carbocycles. The maximum atomic E-state index is 13.3. The zero-order valence-electron chi connectivity index (χ0n) is 16.9. The van der Waals surface area contributed by atoms with E-state index in [1.807, 2.05) is 13.0 Å². The molecule has 2 fully saturated rings. The van der Waals surface area contributed by atoms with Crippen molar-refractivity contribution in [2.24, 2.45) is 5.73 Å². The molecule has 4 rings (SSSR count). The summed E-state index contributed by atoms with van der Waals surface area (Å²) in [5.41, 5.74) is 14.2. The number of rotatable bonds is 5.